The number of aryl methyl sites for hydroxylation is 1. The number of alkyl halides is 3. The number of anilines is 2. The SMILES string of the molecule is Cc1cc(Nc2nccc(C(F)(F)F)n2)cc(-c2cnc(C3(OCc4ccccc4)CCC3)s2)n1. The molecule has 0 amide bonds. The van der Waals surface area contributed by atoms with Gasteiger partial charge >= 0.3 is 6.18 Å². The van der Waals surface area contributed by atoms with Crippen LogP contribution in [0.25, 0.3) is 10.6 Å². The normalized spacial score (nSPS) is 15.0. The van der Waals surface area contributed by atoms with E-state index in [2.05, 4.69) is 25.3 Å². The molecule has 1 aliphatic carbocycles. The Bertz CT molecular complexity index is 1320. The molecule has 35 heavy (non-hydrogen) atoms. The first-order valence-corrected chi connectivity index (χ1v) is 11.9. The lowest BCUT2D eigenvalue weighted by atomic mass is 9.80. The molecule has 6 nitrogen and oxygen atoms in total. The summed E-state index contributed by atoms with van der Waals surface area (Å²) in [6, 6.07) is 14.4. The Balaban J connectivity index is 1.36. The van der Waals surface area contributed by atoms with E-state index in [-0.39, 0.29) is 5.95 Å². The second kappa shape index (κ2) is 9.35. The van der Waals surface area contributed by atoms with E-state index >= 15 is 0 Å². The monoisotopic (exact) mass is 497 g/mol. The van der Waals surface area contributed by atoms with Crippen LogP contribution in [-0.2, 0) is 23.1 Å². The van der Waals surface area contributed by atoms with Crippen LogP contribution in [0.3, 0.4) is 0 Å². The van der Waals surface area contributed by atoms with Crippen LogP contribution in [-0.4, -0.2) is 19.9 Å². The Labute approximate surface area is 204 Å². The van der Waals surface area contributed by atoms with Crippen molar-refractivity contribution in [2.24, 2.45) is 0 Å². The summed E-state index contributed by atoms with van der Waals surface area (Å²) in [5, 5.41) is 3.77. The van der Waals surface area contributed by atoms with Gasteiger partial charge in [-0.3, -0.25) is 4.98 Å². The minimum atomic E-state index is -4.54. The van der Waals surface area contributed by atoms with Crippen molar-refractivity contribution in [3.8, 4) is 10.6 Å². The highest BCUT2D eigenvalue weighted by Crippen LogP contribution is 2.47. The lowest BCUT2D eigenvalue weighted by Crippen LogP contribution is -2.36. The summed E-state index contributed by atoms with van der Waals surface area (Å²) in [6.07, 6.45) is 1.21. The molecule has 3 heterocycles. The number of rotatable bonds is 7. The highest BCUT2D eigenvalue weighted by molar-refractivity contribution is 7.15. The van der Waals surface area contributed by atoms with E-state index in [1.54, 1.807) is 18.3 Å². The van der Waals surface area contributed by atoms with Crippen LogP contribution in [0, 0.1) is 6.92 Å². The first kappa shape index (κ1) is 23.4. The predicted octanol–water partition coefficient (Wildman–Crippen LogP) is 6.66. The average Bonchev–Trinajstić information content (AvgIpc) is 3.29. The van der Waals surface area contributed by atoms with E-state index < -0.39 is 17.5 Å². The molecule has 1 saturated carbocycles. The van der Waals surface area contributed by atoms with Gasteiger partial charge in [-0.15, -0.1) is 11.3 Å². The van der Waals surface area contributed by atoms with Gasteiger partial charge in [0.05, 0.1) is 17.2 Å². The summed E-state index contributed by atoms with van der Waals surface area (Å²) >= 11 is 1.53. The summed E-state index contributed by atoms with van der Waals surface area (Å²) in [7, 11) is 0. The second-order valence-corrected chi connectivity index (χ2v) is 9.45. The molecule has 1 N–H and O–H groups in total. The third kappa shape index (κ3) is 5.18. The number of aromatic nitrogens is 4. The standard InChI is InChI=1S/C25H22F3N5OS/c1-16-12-18(32-23-29-11-8-21(33-23)25(26,27)28)13-19(31-16)20-14-30-22(35-20)24(9-5-10-24)34-15-17-6-3-2-4-7-17/h2-4,6-8,11-14H,5,9-10,15H2,1H3,(H,29,31,32,33). The van der Waals surface area contributed by atoms with Gasteiger partial charge in [0.15, 0.2) is 0 Å². The molecule has 0 aliphatic heterocycles. The van der Waals surface area contributed by atoms with Crippen LogP contribution in [0.15, 0.2) is 60.9 Å². The molecule has 0 saturated heterocycles. The molecule has 3 aromatic heterocycles. The lowest BCUT2D eigenvalue weighted by molar-refractivity contribution is -0.141. The smallest absolute Gasteiger partial charge is 0.363 e. The molecule has 180 valence electrons. The highest BCUT2D eigenvalue weighted by Gasteiger charge is 2.42. The topological polar surface area (TPSA) is 72.8 Å². The van der Waals surface area contributed by atoms with Gasteiger partial charge in [-0.05, 0) is 49.9 Å². The van der Waals surface area contributed by atoms with E-state index in [1.807, 2.05) is 37.3 Å². The molecule has 4 aromatic rings. The van der Waals surface area contributed by atoms with E-state index in [1.165, 1.54) is 11.3 Å². The van der Waals surface area contributed by atoms with Gasteiger partial charge in [0, 0.05) is 23.8 Å². The maximum Gasteiger partial charge on any atom is 0.433 e. The molecule has 0 radical (unpaired) electrons. The lowest BCUT2D eigenvalue weighted by Gasteiger charge is -2.39. The number of hydrogen-bond donors (Lipinski definition) is 1. The van der Waals surface area contributed by atoms with Crippen LogP contribution in [0.5, 0.6) is 0 Å². The predicted molar refractivity (Wildman–Crippen MR) is 127 cm³/mol. The minimum Gasteiger partial charge on any atom is -0.363 e. The van der Waals surface area contributed by atoms with Gasteiger partial charge in [0.25, 0.3) is 0 Å². The molecule has 0 bridgehead atoms. The first-order valence-electron chi connectivity index (χ1n) is 11.1. The van der Waals surface area contributed by atoms with Crippen molar-refractivity contribution in [3.05, 3.63) is 82.9 Å². The zero-order valence-electron chi connectivity index (χ0n) is 18.8. The van der Waals surface area contributed by atoms with Crippen molar-refractivity contribution >= 4 is 23.0 Å². The molecule has 0 spiro atoms. The van der Waals surface area contributed by atoms with Crippen LogP contribution in [0.4, 0.5) is 24.8 Å². The number of pyridine rings is 1. The van der Waals surface area contributed by atoms with Crippen LogP contribution < -0.4 is 5.32 Å². The number of nitrogens with one attached hydrogen (secondary N) is 1. The van der Waals surface area contributed by atoms with Gasteiger partial charge < -0.3 is 10.1 Å². The fraction of sp³-hybridized carbons (Fsp3) is 0.280. The van der Waals surface area contributed by atoms with Gasteiger partial charge in [0.1, 0.15) is 16.3 Å². The first-order chi connectivity index (χ1) is 16.8. The fourth-order valence-electron chi connectivity index (χ4n) is 3.89. The van der Waals surface area contributed by atoms with Crippen molar-refractivity contribution in [1.29, 1.82) is 0 Å². The average molecular weight is 498 g/mol. The zero-order valence-corrected chi connectivity index (χ0v) is 19.7. The summed E-state index contributed by atoms with van der Waals surface area (Å²) in [6.45, 7) is 2.34. The van der Waals surface area contributed by atoms with Crippen LogP contribution in [0.2, 0.25) is 0 Å². The highest BCUT2D eigenvalue weighted by atomic mass is 32.1. The summed E-state index contributed by atoms with van der Waals surface area (Å²) in [4.78, 5) is 17.6. The molecule has 10 heteroatoms. The number of hydrogen-bond acceptors (Lipinski definition) is 7. The summed E-state index contributed by atoms with van der Waals surface area (Å²) < 4.78 is 45.3. The molecule has 0 atom stereocenters. The third-order valence-corrected chi connectivity index (χ3v) is 7.03. The van der Waals surface area contributed by atoms with Crippen molar-refractivity contribution in [2.45, 2.75) is 44.6 Å². The van der Waals surface area contributed by atoms with E-state index in [4.69, 9.17) is 4.74 Å². The van der Waals surface area contributed by atoms with Crippen molar-refractivity contribution in [1.82, 2.24) is 19.9 Å². The Hall–Kier alpha value is -3.37. The molecular formula is C25H22F3N5OS. The number of halogens is 3. The Morgan fingerprint density at radius 3 is 2.57 bits per heavy atom. The van der Waals surface area contributed by atoms with Crippen LogP contribution >= 0.6 is 11.3 Å². The number of nitrogens with zero attached hydrogens (tertiary/aromatic N) is 4. The van der Waals surface area contributed by atoms with Crippen molar-refractivity contribution in [3.63, 3.8) is 0 Å². The molecule has 0 unspecified atom stereocenters. The maximum atomic E-state index is 13.0. The molecule has 1 fully saturated rings. The minimum absolute atomic E-state index is 0.135. The van der Waals surface area contributed by atoms with Crippen LogP contribution in [0.1, 0.15) is 41.2 Å². The van der Waals surface area contributed by atoms with E-state index in [0.717, 1.165) is 47.0 Å². The van der Waals surface area contributed by atoms with E-state index in [0.29, 0.717) is 23.7 Å². The maximum absolute atomic E-state index is 13.0. The molecule has 5 rings (SSSR count). The van der Waals surface area contributed by atoms with Crippen molar-refractivity contribution in [2.75, 3.05) is 5.32 Å². The summed E-state index contributed by atoms with van der Waals surface area (Å²) in [5.74, 6) is -0.135. The third-order valence-electron chi connectivity index (χ3n) is 5.82. The van der Waals surface area contributed by atoms with Gasteiger partial charge in [0.2, 0.25) is 5.95 Å². The number of ether oxygens (including phenoxy) is 1. The number of benzene rings is 1. The molecule has 1 aliphatic rings. The molecule has 1 aromatic carbocycles. The fourth-order valence-corrected chi connectivity index (χ4v) is 4.97. The zero-order chi connectivity index (χ0) is 24.5. The Morgan fingerprint density at radius 1 is 1.06 bits per heavy atom. The Morgan fingerprint density at radius 2 is 1.86 bits per heavy atom. The Kier molecular flexibility index (Phi) is 6.24. The quantitative estimate of drug-likeness (QED) is 0.308. The number of thiazole rings is 1. The van der Waals surface area contributed by atoms with E-state index in [9.17, 15) is 13.2 Å². The van der Waals surface area contributed by atoms with Gasteiger partial charge in [-0.2, -0.15) is 13.2 Å². The largest absolute Gasteiger partial charge is 0.433 e. The summed E-state index contributed by atoms with van der Waals surface area (Å²) in [5.41, 5.74) is 1.62. The van der Waals surface area contributed by atoms with Gasteiger partial charge in [-0.25, -0.2) is 15.0 Å². The van der Waals surface area contributed by atoms with Gasteiger partial charge in [-0.1, -0.05) is 30.3 Å². The molecular weight excluding hydrogens is 475 g/mol. The van der Waals surface area contributed by atoms with Crippen molar-refractivity contribution < 1.29 is 17.9 Å². The second-order valence-electron chi connectivity index (χ2n) is 8.42.